The van der Waals surface area contributed by atoms with E-state index in [0.29, 0.717) is 23.7 Å². The predicted octanol–water partition coefficient (Wildman–Crippen LogP) is 2.69. The van der Waals surface area contributed by atoms with Crippen LogP contribution in [0.2, 0.25) is 0 Å². The second-order valence-electron chi connectivity index (χ2n) is 7.74. The lowest BCUT2D eigenvalue weighted by atomic mass is 9.98. The van der Waals surface area contributed by atoms with Crippen LogP contribution in [-0.2, 0) is 11.3 Å². The van der Waals surface area contributed by atoms with Crippen LogP contribution in [0, 0.1) is 0 Å². The molecule has 1 aliphatic rings. The summed E-state index contributed by atoms with van der Waals surface area (Å²) in [4.78, 5) is 28.5. The van der Waals surface area contributed by atoms with E-state index in [1.165, 1.54) is 0 Å². The summed E-state index contributed by atoms with van der Waals surface area (Å²) in [6, 6.07) is 15.2. The van der Waals surface area contributed by atoms with E-state index in [1.807, 2.05) is 36.4 Å². The van der Waals surface area contributed by atoms with Crippen molar-refractivity contribution < 1.29 is 14.7 Å². The van der Waals surface area contributed by atoms with E-state index < -0.39 is 5.97 Å². The zero-order valence-corrected chi connectivity index (χ0v) is 17.3. The molecule has 3 rings (SSSR count). The number of carbonyl (C=O) groups is 2. The van der Waals surface area contributed by atoms with Gasteiger partial charge in [0, 0.05) is 39.3 Å². The minimum Gasteiger partial charge on any atom is -0.478 e. The van der Waals surface area contributed by atoms with Crippen molar-refractivity contribution in [1.82, 2.24) is 15.1 Å². The van der Waals surface area contributed by atoms with E-state index >= 15 is 0 Å². The highest BCUT2D eigenvalue weighted by Gasteiger charge is 2.32. The smallest absolute Gasteiger partial charge is 0.336 e. The molecule has 1 saturated heterocycles. The van der Waals surface area contributed by atoms with Crippen LogP contribution in [0.25, 0.3) is 11.1 Å². The summed E-state index contributed by atoms with van der Waals surface area (Å²) in [7, 11) is 1.68. The Balaban J connectivity index is 1.77. The number of rotatable bonds is 6. The van der Waals surface area contributed by atoms with E-state index in [-0.39, 0.29) is 11.9 Å². The van der Waals surface area contributed by atoms with Gasteiger partial charge in [-0.3, -0.25) is 14.6 Å². The molecule has 1 atom stereocenters. The molecule has 0 aromatic heterocycles. The normalized spacial score (nSPS) is 18.0. The van der Waals surface area contributed by atoms with Crippen LogP contribution in [0.1, 0.15) is 29.8 Å². The molecular formula is C23H29N3O3. The van der Waals surface area contributed by atoms with Gasteiger partial charge in [-0.2, -0.15) is 0 Å². The standard InChI is InChI=1S/C23H29N3O3/c1-16(2)25-12-13-26(21(15-25)22(27)24-3)14-17-8-10-18(11-9-17)19-6-4-5-7-20(19)23(28)29/h4-11,16,21H,12-15H2,1-3H3,(H,24,27)(H,28,29). The van der Waals surface area contributed by atoms with Crippen LogP contribution in [0.3, 0.4) is 0 Å². The number of amides is 1. The summed E-state index contributed by atoms with van der Waals surface area (Å²) in [6.45, 7) is 7.50. The number of hydrogen-bond acceptors (Lipinski definition) is 4. The van der Waals surface area contributed by atoms with Gasteiger partial charge in [0.15, 0.2) is 0 Å². The Morgan fingerprint density at radius 2 is 1.79 bits per heavy atom. The second-order valence-corrected chi connectivity index (χ2v) is 7.74. The van der Waals surface area contributed by atoms with Crippen molar-refractivity contribution in [2.45, 2.75) is 32.5 Å². The van der Waals surface area contributed by atoms with Gasteiger partial charge in [0.2, 0.25) is 5.91 Å². The van der Waals surface area contributed by atoms with Gasteiger partial charge in [-0.15, -0.1) is 0 Å². The van der Waals surface area contributed by atoms with Crippen molar-refractivity contribution in [3.8, 4) is 11.1 Å². The summed E-state index contributed by atoms with van der Waals surface area (Å²) in [5.74, 6) is -0.886. The quantitative estimate of drug-likeness (QED) is 0.787. The zero-order valence-electron chi connectivity index (χ0n) is 17.3. The third-order valence-electron chi connectivity index (χ3n) is 5.61. The number of piperazine rings is 1. The number of nitrogens with one attached hydrogen (secondary N) is 1. The fraction of sp³-hybridized carbons (Fsp3) is 0.391. The van der Waals surface area contributed by atoms with E-state index in [9.17, 15) is 14.7 Å². The highest BCUT2D eigenvalue weighted by Crippen LogP contribution is 2.25. The number of benzene rings is 2. The molecule has 1 unspecified atom stereocenters. The maximum absolute atomic E-state index is 12.4. The van der Waals surface area contributed by atoms with Crippen LogP contribution < -0.4 is 5.32 Å². The summed E-state index contributed by atoms with van der Waals surface area (Å²) in [5.41, 5.74) is 2.98. The highest BCUT2D eigenvalue weighted by atomic mass is 16.4. The molecule has 1 amide bonds. The summed E-state index contributed by atoms with van der Waals surface area (Å²) < 4.78 is 0. The van der Waals surface area contributed by atoms with Gasteiger partial charge < -0.3 is 10.4 Å². The Morgan fingerprint density at radius 3 is 2.41 bits per heavy atom. The molecule has 6 nitrogen and oxygen atoms in total. The molecule has 0 saturated carbocycles. The number of aromatic carboxylic acids is 1. The predicted molar refractivity (Wildman–Crippen MR) is 114 cm³/mol. The van der Waals surface area contributed by atoms with Gasteiger partial charge in [-0.25, -0.2) is 4.79 Å². The van der Waals surface area contributed by atoms with Gasteiger partial charge in [0.05, 0.1) is 5.56 Å². The van der Waals surface area contributed by atoms with Crippen molar-refractivity contribution in [2.24, 2.45) is 0 Å². The Labute approximate surface area is 172 Å². The van der Waals surface area contributed by atoms with Crippen LogP contribution in [-0.4, -0.2) is 65.5 Å². The molecule has 1 fully saturated rings. The van der Waals surface area contributed by atoms with Crippen LogP contribution in [0.15, 0.2) is 48.5 Å². The first-order chi connectivity index (χ1) is 13.9. The number of carboxylic acid groups (broad SMARTS) is 1. The molecule has 2 aromatic carbocycles. The second kappa shape index (κ2) is 9.20. The fourth-order valence-electron chi connectivity index (χ4n) is 3.86. The first kappa shape index (κ1) is 21.0. The Morgan fingerprint density at radius 1 is 1.10 bits per heavy atom. The Kier molecular flexibility index (Phi) is 6.67. The van der Waals surface area contributed by atoms with E-state index in [0.717, 1.165) is 30.8 Å². The minimum absolute atomic E-state index is 0.0438. The molecule has 29 heavy (non-hydrogen) atoms. The topological polar surface area (TPSA) is 72.9 Å². The summed E-state index contributed by atoms with van der Waals surface area (Å²) in [5, 5.41) is 12.2. The molecule has 0 spiro atoms. The van der Waals surface area contributed by atoms with Crippen molar-refractivity contribution in [3.05, 3.63) is 59.7 Å². The first-order valence-electron chi connectivity index (χ1n) is 10.0. The monoisotopic (exact) mass is 395 g/mol. The van der Waals surface area contributed by atoms with Crippen molar-refractivity contribution >= 4 is 11.9 Å². The fourth-order valence-corrected chi connectivity index (χ4v) is 3.86. The maximum atomic E-state index is 12.4. The van der Waals surface area contributed by atoms with E-state index in [1.54, 1.807) is 19.2 Å². The summed E-state index contributed by atoms with van der Waals surface area (Å²) in [6.07, 6.45) is 0. The maximum Gasteiger partial charge on any atom is 0.336 e. The Bertz CT molecular complexity index is 864. The van der Waals surface area contributed by atoms with Crippen LogP contribution in [0.4, 0.5) is 0 Å². The summed E-state index contributed by atoms with van der Waals surface area (Å²) >= 11 is 0. The Hall–Kier alpha value is -2.70. The molecular weight excluding hydrogens is 366 g/mol. The minimum atomic E-state index is -0.930. The van der Waals surface area contributed by atoms with Gasteiger partial charge in [0.1, 0.15) is 6.04 Å². The van der Waals surface area contributed by atoms with E-state index in [4.69, 9.17) is 0 Å². The van der Waals surface area contributed by atoms with Gasteiger partial charge in [0.25, 0.3) is 0 Å². The average Bonchev–Trinajstić information content (AvgIpc) is 2.73. The molecule has 2 aromatic rings. The van der Waals surface area contributed by atoms with Gasteiger partial charge >= 0.3 is 5.97 Å². The van der Waals surface area contributed by atoms with Crippen molar-refractivity contribution in [2.75, 3.05) is 26.7 Å². The van der Waals surface area contributed by atoms with Crippen LogP contribution in [0.5, 0.6) is 0 Å². The lowest BCUT2D eigenvalue weighted by Gasteiger charge is -2.42. The molecule has 1 aliphatic heterocycles. The van der Waals surface area contributed by atoms with Crippen LogP contribution >= 0.6 is 0 Å². The number of likely N-dealkylation sites (N-methyl/N-ethyl adjacent to an activating group) is 1. The number of nitrogens with zero attached hydrogens (tertiary/aromatic N) is 2. The van der Waals surface area contributed by atoms with Gasteiger partial charge in [-0.1, -0.05) is 42.5 Å². The number of carbonyl (C=O) groups excluding carboxylic acids is 1. The first-order valence-corrected chi connectivity index (χ1v) is 10.0. The molecule has 154 valence electrons. The SMILES string of the molecule is CNC(=O)C1CN(C(C)C)CCN1Cc1ccc(-c2ccccc2C(=O)O)cc1. The lowest BCUT2D eigenvalue weighted by Crippen LogP contribution is -2.59. The third kappa shape index (κ3) is 4.83. The van der Waals surface area contributed by atoms with Gasteiger partial charge in [-0.05, 0) is 36.6 Å². The molecule has 1 heterocycles. The zero-order chi connectivity index (χ0) is 21.0. The lowest BCUT2D eigenvalue weighted by molar-refractivity contribution is -0.129. The third-order valence-corrected chi connectivity index (χ3v) is 5.61. The highest BCUT2D eigenvalue weighted by molar-refractivity contribution is 5.96. The molecule has 0 aliphatic carbocycles. The molecule has 6 heteroatoms. The molecule has 0 bridgehead atoms. The average molecular weight is 396 g/mol. The van der Waals surface area contributed by atoms with Crippen molar-refractivity contribution in [3.63, 3.8) is 0 Å². The molecule has 0 radical (unpaired) electrons. The number of carboxylic acids is 1. The van der Waals surface area contributed by atoms with Crippen molar-refractivity contribution in [1.29, 1.82) is 0 Å². The van der Waals surface area contributed by atoms with E-state index in [2.05, 4.69) is 29.0 Å². The largest absolute Gasteiger partial charge is 0.478 e. The number of hydrogen-bond donors (Lipinski definition) is 2. The molecule has 2 N–H and O–H groups in total.